The highest BCUT2D eigenvalue weighted by molar-refractivity contribution is 7.71. The molecule has 0 unspecified atom stereocenters. The van der Waals surface area contributed by atoms with Gasteiger partial charge in [0.15, 0.2) is 11.4 Å². The van der Waals surface area contributed by atoms with Gasteiger partial charge >= 0.3 is 0 Å². The van der Waals surface area contributed by atoms with E-state index >= 15 is 0 Å². The summed E-state index contributed by atoms with van der Waals surface area (Å²) in [4.78, 5) is 0. The van der Waals surface area contributed by atoms with Crippen molar-refractivity contribution in [2.45, 2.75) is 13.6 Å². The number of furan rings is 1. The van der Waals surface area contributed by atoms with E-state index in [-0.39, 0.29) is 5.82 Å². The zero-order valence-corrected chi connectivity index (χ0v) is 13.5. The highest BCUT2D eigenvalue weighted by atomic mass is 35.5. The number of aromatic nitrogens is 3. The molecule has 110 valence electrons. The van der Waals surface area contributed by atoms with Crippen molar-refractivity contribution in [3.05, 3.63) is 38.5 Å². The summed E-state index contributed by atoms with van der Waals surface area (Å²) in [7, 11) is 1.65. The Bertz CT molecular complexity index is 912. The molecular formula is C13H10Cl2FN3OS. The van der Waals surface area contributed by atoms with Gasteiger partial charge in [0.25, 0.3) is 0 Å². The Kier molecular flexibility index (Phi) is 3.55. The molecule has 0 amide bonds. The Hall–Kier alpha value is -1.37. The van der Waals surface area contributed by atoms with Crippen LogP contribution in [0.5, 0.6) is 0 Å². The van der Waals surface area contributed by atoms with Crippen molar-refractivity contribution in [1.82, 2.24) is 14.3 Å². The maximum Gasteiger partial charge on any atom is 0.202 e. The van der Waals surface area contributed by atoms with E-state index in [1.54, 1.807) is 26.1 Å². The number of nitrogens with zero attached hydrogens (tertiary/aromatic N) is 3. The minimum absolute atomic E-state index is 0.167. The van der Waals surface area contributed by atoms with E-state index in [1.165, 1.54) is 9.25 Å². The molecule has 0 N–H and O–H groups in total. The van der Waals surface area contributed by atoms with Crippen LogP contribution in [0.4, 0.5) is 4.39 Å². The molecule has 0 aliphatic rings. The minimum atomic E-state index is -0.763. The van der Waals surface area contributed by atoms with Crippen LogP contribution in [-0.2, 0) is 13.7 Å². The first kappa shape index (κ1) is 14.6. The molecule has 0 atom stereocenters. The second-order valence-electron chi connectivity index (χ2n) is 4.58. The number of aryl methyl sites for hydroxylation is 2. The van der Waals surface area contributed by atoms with Gasteiger partial charge in [-0.25, -0.2) is 9.07 Å². The third-order valence-electron chi connectivity index (χ3n) is 3.15. The third kappa shape index (κ3) is 2.18. The van der Waals surface area contributed by atoms with E-state index in [0.29, 0.717) is 37.2 Å². The number of halogens is 3. The first-order valence-corrected chi connectivity index (χ1v) is 7.20. The maximum atomic E-state index is 13.2. The summed E-state index contributed by atoms with van der Waals surface area (Å²) < 4.78 is 21.9. The SMILES string of the molecule is Cc1cc2c(Cl)c(-n3c(CF)nn(C)c3=S)cc(Cl)c2o1. The van der Waals surface area contributed by atoms with Gasteiger partial charge in [0.2, 0.25) is 4.77 Å². The zero-order chi connectivity index (χ0) is 15.3. The van der Waals surface area contributed by atoms with Crippen LogP contribution in [0.2, 0.25) is 10.0 Å². The van der Waals surface area contributed by atoms with E-state index in [4.69, 9.17) is 39.8 Å². The number of benzene rings is 1. The van der Waals surface area contributed by atoms with Crippen LogP contribution in [0.25, 0.3) is 16.7 Å². The first-order chi connectivity index (χ1) is 9.93. The third-order valence-corrected chi connectivity index (χ3v) is 4.27. The molecule has 2 heterocycles. The van der Waals surface area contributed by atoms with Gasteiger partial charge < -0.3 is 4.42 Å². The standard InChI is InChI=1S/C13H10Cl2FN3OS/c1-6-3-7-11(15)9(4-8(14)12(7)20-6)19-10(5-16)17-18(2)13(19)21/h3-4H,5H2,1-2H3. The smallest absolute Gasteiger partial charge is 0.202 e. The Balaban J connectivity index is 2.41. The second kappa shape index (κ2) is 5.12. The lowest BCUT2D eigenvalue weighted by molar-refractivity contribution is 0.457. The molecule has 3 rings (SSSR count). The number of hydrogen-bond donors (Lipinski definition) is 0. The number of rotatable bonds is 2. The molecule has 1 aromatic carbocycles. The zero-order valence-electron chi connectivity index (χ0n) is 11.2. The maximum absolute atomic E-state index is 13.2. The Morgan fingerprint density at radius 1 is 1.38 bits per heavy atom. The molecule has 0 radical (unpaired) electrons. The van der Waals surface area contributed by atoms with E-state index in [1.807, 2.05) is 0 Å². The van der Waals surface area contributed by atoms with Crippen LogP contribution < -0.4 is 0 Å². The van der Waals surface area contributed by atoms with Gasteiger partial charge in [-0.1, -0.05) is 23.2 Å². The lowest BCUT2D eigenvalue weighted by Gasteiger charge is -2.09. The summed E-state index contributed by atoms with van der Waals surface area (Å²) in [6, 6.07) is 3.38. The predicted octanol–water partition coefficient (Wildman–Crippen LogP) is 4.77. The molecule has 0 saturated carbocycles. The summed E-state index contributed by atoms with van der Waals surface area (Å²) in [6.45, 7) is 1.04. The van der Waals surface area contributed by atoms with Crippen molar-refractivity contribution < 1.29 is 8.81 Å². The van der Waals surface area contributed by atoms with Gasteiger partial charge in [0.05, 0.1) is 15.7 Å². The van der Waals surface area contributed by atoms with Crippen LogP contribution in [0.15, 0.2) is 16.5 Å². The molecule has 0 aliphatic carbocycles. The van der Waals surface area contributed by atoms with Gasteiger partial charge in [-0.15, -0.1) is 0 Å². The molecule has 21 heavy (non-hydrogen) atoms. The van der Waals surface area contributed by atoms with Crippen molar-refractivity contribution in [3.8, 4) is 5.69 Å². The average Bonchev–Trinajstić information content (AvgIpc) is 2.96. The van der Waals surface area contributed by atoms with E-state index in [0.717, 1.165) is 0 Å². The molecule has 0 aliphatic heterocycles. The number of fused-ring (bicyclic) bond motifs is 1. The predicted molar refractivity (Wildman–Crippen MR) is 82.7 cm³/mol. The number of hydrogen-bond acceptors (Lipinski definition) is 3. The monoisotopic (exact) mass is 345 g/mol. The molecule has 0 saturated heterocycles. The van der Waals surface area contributed by atoms with Crippen LogP contribution in [0, 0.1) is 11.7 Å². The molecule has 0 bridgehead atoms. The van der Waals surface area contributed by atoms with E-state index in [2.05, 4.69) is 5.10 Å². The van der Waals surface area contributed by atoms with Gasteiger partial charge in [0, 0.05) is 12.4 Å². The molecule has 2 aromatic heterocycles. The largest absolute Gasteiger partial charge is 0.460 e. The van der Waals surface area contributed by atoms with Crippen LogP contribution in [0.1, 0.15) is 11.6 Å². The lowest BCUT2D eigenvalue weighted by Crippen LogP contribution is -2.01. The van der Waals surface area contributed by atoms with Gasteiger partial charge in [-0.2, -0.15) is 5.10 Å². The fourth-order valence-electron chi connectivity index (χ4n) is 2.25. The Morgan fingerprint density at radius 3 is 2.76 bits per heavy atom. The quantitative estimate of drug-likeness (QED) is 0.627. The van der Waals surface area contributed by atoms with Crippen molar-refractivity contribution >= 4 is 46.4 Å². The highest BCUT2D eigenvalue weighted by Crippen LogP contribution is 2.37. The molecule has 0 spiro atoms. The molecular weight excluding hydrogens is 336 g/mol. The topological polar surface area (TPSA) is 35.9 Å². The van der Waals surface area contributed by atoms with E-state index < -0.39 is 6.67 Å². The molecule has 3 aromatic rings. The summed E-state index contributed by atoms with van der Waals surface area (Å²) >= 11 is 17.9. The summed E-state index contributed by atoms with van der Waals surface area (Å²) in [6.07, 6.45) is 0. The van der Waals surface area contributed by atoms with Crippen LogP contribution in [0.3, 0.4) is 0 Å². The normalized spacial score (nSPS) is 11.5. The lowest BCUT2D eigenvalue weighted by atomic mass is 10.2. The Morgan fingerprint density at radius 2 is 2.10 bits per heavy atom. The first-order valence-electron chi connectivity index (χ1n) is 6.03. The Labute approximate surface area is 134 Å². The summed E-state index contributed by atoms with van der Waals surface area (Å²) in [5, 5.41) is 5.47. The minimum Gasteiger partial charge on any atom is -0.460 e. The van der Waals surface area contributed by atoms with Gasteiger partial charge in [0.1, 0.15) is 12.4 Å². The van der Waals surface area contributed by atoms with Crippen molar-refractivity contribution in [2.24, 2.45) is 7.05 Å². The van der Waals surface area contributed by atoms with Crippen LogP contribution in [-0.4, -0.2) is 14.3 Å². The molecule has 4 nitrogen and oxygen atoms in total. The highest BCUT2D eigenvalue weighted by Gasteiger charge is 2.19. The molecule has 0 fully saturated rings. The van der Waals surface area contributed by atoms with Crippen molar-refractivity contribution in [1.29, 1.82) is 0 Å². The van der Waals surface area contributed by atoms with Crippen molar-refractivity contribution in [3.63, 3.8) is 0 Å². The van der Waals surface area contributed by atoms with Gasteiger partial charge in [-0.3, -0.25) is 4.57 Å². The molecule has 8 heteroatoms. The average molecular weight is 346 g/mol. The second-order valence-corrected chi connectivity index (χ2v) is 5.73. The van der Waals surface area contributed by atoms with Gasteiger partial charge in [-0.05, 0) is 31.3 Å². The summed E-state index contributed by atoms with van der Waals surface area (Å²) in [5.74, 6) is 0.853. The van der Waals surface area contributed by atoms with Crippen LogP contribution >= 0.6 is 35.4 Å². The summed E-state index contributed by atoms with van der Waals surface area (Å²) in [5.41, 5.74) is 0.987. The fourth-order valence-corrected chi connectivity index (χ4v) is 3.02. The number of alkyl halides is 1. The fraction of sp³-hybridized carbons (Fsp3) is 0.231. The van der Waals surface area contributed by atoms with E-state index in [9.17, 15) is 4.39 Å². The van der Waals surface area contributed by atoms with Crippen molar-refractivity contribution in [2.75, 3.05) is 0 Å².